The molecule has 18 heavy (non-hydrogen) atoms. The number of hydrogen-bond acceptors (Lipinski definition) is 3. The predicted octanol–water partition coefficient (Wildman–Crippen LogP) is 2.46. The van der Waals surface area contributed by atoms with E-state index < -0.39 is 0 Å². The molecular weight excluding hydrogens is 226 g/mol. The lowest BCUT2D eigenvalue weighted by Crippen LogP contribution is -2.42. The largest absolute Gasteiger partial charge is 0.374 e. The Bertz CT molecular complexity index is 264. The van der Waals surface area contributed by atoms with E-state index in [2.05, 4.69) is 52.8 Å². The zero-order chi connectivity index (χ0) is 14.2. The van der Waals surface area contributed by atoms with Crippen LogP contribution >= 0.6 is 0 Å². The number of nitrogens with one attached hydrogen (secondary N) is 1. The van der Waals surface area contributed by atoms with E-state index in [0.717, 1.165) is 6.54 Å². The molecule has 0 fully saturated rings. The van der Waals surface area contributed by atoms with E-state index in [4.69, 9.17) is 15.9 Å². The first-order chi connectivity index (χ1) is 8.18. The van der Waals surface area contributed by atoms with Gasteiger partial charge >= 0.3 is 0 Å². The van der Waals surface area contributed by atoms with Crippen molar-refractivity contribution in [2.75, 3.05) is 26.4 Å². The van der Waals surface area contributed by atoms with Gasteiger partial charge in [-0.05, 0) is 13.8 Å². The third-order valence-electron chi connectivity index (χ3n) is 2.47. The molecule has 0 heterocycles. The van der Waals surface area contributed by atoms with Crippen LogP contribution in [0.15, 0.2) is 0 Å². The first-order valence-electron chi connectivity index (χ1n) is 6.57. The molecule has 3 heteroatoms. The minimum absolute atomic E-state index is 0.0219. The maximum absolute atomic E-state index is 5.98. The summed E-state index contributed by atoms with van der Waals surface area (Å²) in [7, 11) is 0. The van der Waals surface area contributed by atoms with E-state index in [1.807, 2.05) is 0 Å². The molecule has 0 aromatic rings. The molecule has 0 radical (unpaired) electrons. The highest BCUT2D eigenvalue weighted by Gasteiger charge is 2.25. The highest BCUT2D eigenvalue weighted by Crippen LogP contribution is 2.20. The van der Waals surface area contributed by atoms with Gasteiger partial charge in [0.1, 0.15) is 6.61 Å². The fraction of sp³-hybridized carbons (Fsp3) is 0.867. The molecule has 1 N–H and O–H groups in total. The van der Waals surface area contributed by atoms with Crippen molar-refractivity contribution in [2.24, 2.45) is 5.41 Å². The maximum Gasteiger partial charge on any atom is 0.107 e. The summed E-state index contributed by atoms with van der Waals surface area (Å²) >= 11 is 0. The second-order valence-electron chi connectivity index (χ2n) is 6.45. The van der Waals surface area contributed by atoms with Crippen LogP contribution in [0.25, 0.3) is 0 Å². The van der Waals surface area contributed by atoms with Crippen LogP contribution in [0.3, 0.4) is 0 Å². The molecule has 0 saturated carbocycles. The predicted molar refractivity (Wildman–Crippen MR) is 76.6 cm³/mol. The topological polar surface area (TPSA) is 30.5 Å². The van der Waals surface area contributed by atoms with E-state index in [1.165, 1.54) is 0 Å². The van der Waals surface area contributed by atoms with Gasteiger partial charge in [-0.3, -0.25) is 0 Å². The molecule has 0 atom stereocenters. The standard InChI is InChI=1S/C15H29NO2/c1-8-9-17-11-14(4,5)12-18-15(6,7)10-16-13(2)3/h1,13,16H,9-12H2,2-7H3. The van der Waals surface area contributed by atoms with E-state index in [1.54, 1.807) is 0 Å². The third kappa shape index (κ3) is 9.47. The Morgan fingerprint density at radius 3 is 2.28 bits per heavy atom. The first-order valence-corrected chi connectivity index (χ1v) is 6.57. The highest BCUT2D eigenvalue weighted by molar-refractivity contribution is 4.83. The Morgan fingerprint density at radius 2 is 1.78 bits per heavy atom. The maximum atomic E-state index is 5.98. The Hall–Kier alpha value is -0.560. The molecule has 0 bridgehead atoms. The van der Waals surface area contributed by atoms with Gasteiger partial charge in [0.05, 0.1) is 18.8 Å². The van der Waals surface area contributed by atoms with Gasteiger partial charge in [0.25, 0.3) is 0 Å². The van der Waals surface area contributed by atoms with Crippen LogP contribution in [-0.4, -0.2) is 38.0 Å². The first kappa shape index (κ1) is 17.4. The summed E-state index contributed by atoms with van der Waals surface area (Å²) in [6, 6.07) is 0.472. The summed E-state index contributed by atoms with van der Waals surface area (Å²) in [4.78, 5) is 0. The zero-order valence-electron chi connectivity index (χ0n) is 12.8. The van der Waals surface area contributed by atoms with Crippen LogP contribution in [0.5, 0.6) is 0 Å². The Morgan fingerprint density at radius 1 is 1.17 bits per heavy atom. The van der Waals surface area contributed by atoms with E-state index in [9.17, 15) is 0 Å². The van der Waals surface area contributed by atoms with Gasteiger partial charge in [0, 0.05) is 18.0 Å². The van der Waals surface area contributed by atoms with Crippen molar-refractivity contribution in [1.29, 1.82) is 0 Å². The summed E-state index contributed by atoms with van der Waals surface area (Å²) in [5, 5.41) is 3.39. The molecule has 106 valence electrons. The molecule has 0 unspecified atom stereocenters. The summed E-state index contributed by atoms with van der Waals surface area (Å²) in [6.07, 6.45) is 5.15. The van der Waals surface area contributed by atoms with Crippen molar-refractivity contribution in [1.82, 2.24) is 5.32 Å². The molecule has 0 saturated heterocycles. The van der Waals surface area contributed by atoms with Crippen molar-refractivity contribution in [3.63, 3.8) is 0 Å². The molecule has 0 amide bonds. The van der Waals surface area contributed by atoms with Crippen LogP contribution in [0.4, 0.5) is 0 Å². The van der Waals surface area contributed by atoms with Gasteiger partial charge in [-0.15, -0.1) is 6.42 Å². The van der Waals surface area contributed by atoms with Gasteiger partial charge in [-0.1, -0.05) is 33.6 Å². The van der Waals surface area contributed by atoms with Crippen molar-refractivity contribution in [2.45, 2.75) is 53.2 Å². The average Bonchev–Trinajstić information content (AvgIpc) is 2.25. The van der Waals surface area contributed by atoms with E-state index in [-0.39, 0.29) is 11.0 Å². The molecule has 0 aromatic heterocycles. The smallest absolute Gasteiger partial charge is 0.107 e. The summed E-state index contributed by atoms with van der Waals surface area (Å²) < 4.78 is 11.4. The van der Waals surface area contributed by atoms with Crippen LogP contribution in [0, 0.1) is 17.8 Å². The van der Waals surface area contributed by atoms with Crippen molar-refractivity contribution < 1.29 is 9.47 Å². The number of rotatable bonds is 9. The fourth-order valence-corrected chi connectivity index (χ4v) is 1.32. The van der Waals surface area contributed by atoms with Crippen LogP contribution < -0.4 is 5.32 Å². The van der Waals surface area contributed by atoms with Gasteiger partial charge < -0.3 is 14.8 Å². The van der Waals surface area contributed by atoms with Crippen LogP contribution in [0.2, 0.25) is 0 Å². The number of ether oxygens (including phenoxy) is 2. The van der Waals surface area contributed by atoms with E-state index >= 15 is 0 Å². The van der Waals surface area contributed by atoms with Crippen LogP contribution in [0.1, 0.15) is 41.5 Å². The lowest BCUT2D eigenvalue weighted by atomic mass is 9.95. The van der Waals surface area contributed by atoms with Crippen molar-refractivity contribution in [3.05, 3.63) is 0 Å². The Labute approximate surface area is 113 Å². The second kappa shape index (κ2) is 7.78. The van der Waals surface area contributed by atoms with Gasteiger partial charge in [-0.25, -0.2) is 0 Å². The number of hydrogen-bond donors (Lipinski definition) is 1. The summed E-state index contributed by atoms with van der Waals surface area (Å²) in [5.41, 5.74) is -0.195. The minimum Gasteiger partial charge on any atom is -0.374 e. The molecule has 0 aliphatic heterocycles. The highest BCUT2D eigenvalue weighted by atomic mass is 16.5. The molecule has 0 aliphatic carbocycles. The molecule has 0 aliphatic rings. The average molecular weight is 255 g/mol. The summed E-state index contributed by atoms with van der Waals surface area (Å²) in [6.45, 7) is 15.2. The van der Waals surface area contributed by atoms with E-state index in [0.29, 0.717) is 25.9 Å². The minimum atomic E-state index is -0.173. The quantitative estimate of drug-likeness (QED) is 0.507. The summed E-state index contributed by atoms with van der Waals surface area (Å²) in [5.74, 6) is 2.47. The Kier molecular flexibility index (Phi) is 7.54. The van der Waals surface area contributed by atoms with Crippen molar-refractivity contribution >= 4 is 0 Å². The fourth-order valence-electron chi connectivity index (χ4n) is 1.32. The lowest BCUT2D eigenvalue weighted by molar-refractivity contribution is -0.0723. The molecule has 0 spiro atoms. The SMILES string of the molecule is C#CCOCC(C)(C)COC(C)(C)CNC(C)C. The van der Waals surface area contributed by atoms with Gasteiger partial charge in [0.2, 0.25) is 0 Å². The Balaban J connectivity index is 4.00. The third-order valence-corrected chi connectivity index (χ3v) is 2.47. The monoisotopic (exact) mass is 255 g/mol. The number of terminal acetylenes is 1. The molecule has 0 rings (SSSR count). The lowest BCUT2D eigenvalue weighted by Gasteiger charge is -2.32. The normalized spacial score (nSPS) is 12.8. The van der Waals surface area contributed by atoms with Crippen molar-refractivity contribution in [3.8, 4) is 12.3 Å². The van der Waals surface area contributed by atoms with Gasteiger partial charge in [-0.2, -0.15) is 0 Å². The zero-order valence-corrected chi connectivity index (χ0v) is 12.8. The molecule has 0 aromatic carbocycles. The molecule has 3 nitrogen and oxygen atoms in total. The second-order valence-corrected chi connectivity index (χ2v) is 6.45. The van der Waals surface area contributed by atoms with Gasteiger partial charge in [0.15, 0.2) is 0 Å². The van der Waals surface area contributed by atoms with Crippen LogP contribution in [-0.2, 0) is 9.47 Å². The molecular formula is C15H29NO2.